The Balaban J connectivity index is 2.21. The Morgan fingerprint density at radius 2 is 1.95 bits per heavy atom. The fourth-order valence-corrected chi connectivity index (χ4v) is 2.78. The van der Waals surface area contributed by atoms with Crippen molar-refractivity contribution < 1.29 is 13.9 Å². The molecule has 0 saturated carbocycles. The number of hydrogen-bond acceptors (Lipinski definition) is 2. The van der Waals surface area contributed by atoms with Crippen LogP contribution in [0.4, 0.5) is 4.39 Å². The van der Waals surface area contributed by atoms with Gasteiger partial charge >= 0.3 is 0 Å². The molecule has 0 aliphatic carbocycles. The van der Waals surface area contributed by atoms with E-state index >= 15 is 0 Å². The van der Waals surface area contributed by atoms with Crippen LogP contribution in [-0.4, -0.2) is 6.29 Å². The van der Waals surface area contributed by atoms with Gasteiger partial charge in [-0.1, -0.05) is 29.3 Å². The van der Waals surface area contributed by atoms with E-state index in [4.69, 9.17) is 27.9 Å². The van der Waals surface area contributed by atoms with Gasteiger partial charge in [-0.2, -0.15) is 0 Å². The van der Waals surface area contributed by atoms with Crippen LogP contribution >= 0.6 is 39.1 Å². The van der Waals surface area contributed by atoms with E-state index in [0.717, 1.165) is 0 Å². The lowest BCUT2D eigenvalue weighted by Crippen LogP contribution is -1.98. The zero-order chi connectivity index (χ0) is 14.7. The van der Waals surface area contributed by atoms with Gasteiger partial charge in [0.2, 0.25) is 0 Å². The van der Waals surface area contributed by atoms with Crippen molar-refractivity contribution in [1.29, 1.82) is 0 Å². The highest BCUT2D eigenvalue weighted by atomic mass is 79.9. The number of ether oxygens (including phenoxy) is 1. The summed E-state index contributed by atoms with van der Waals surface area (Å²) in [6, 6.07) is 7.16. The van der Waals surface area contributed by atoms with Crippen molar-refractivity contribution in [1.82, 2.24) is 0 Å². The lowest BCUT2D eigenvalue weighted by atomic mass is 10.2. The normalized spacial score (nSPS) is 10.4. The van der Waals surface area contributed by atoms with Crippen LogP contribution in [0.15, 0.2) is 34.8 Å². The van der Waals surface area contributed by atoms with Crippen molar-refractivity contribution in [3.05, 3.63) is 61.8 Å². The number of halogens is 4. The average molecular weight is 378 g/mol. The van der Waals surface area contributed by atoms with Crippen LogP contribution in [0.1, 0.15) is 15.9 Å². The Labute approximate surface area is 133 Å². The maximum atomic E-state index is 12.9. The molecule has 0 radical (unpaired) electrons. The van der Waals surface area contributed by atoms with Crippen molar-refractivity contribution in [2.75, 3.05) is 0 Å². The van der Waals surface area contributed by atoms with E-state index in [9.17, 15) is 9.18 Å². The summed E-state index contributed by atoms with van der Waals surface area (Å²) in [5.74, 6) is -0.00837. The molecule has 0 spiro atoms. The molecule has 2 rings (SSSR count). The lowest BCUT2D eigenvalue weighted by molar-refractivity contribution is 0.112. The Kier molecular flexibility index (Phi) is 5.02. The van der Waals surface area contributed by atoms with E-state index < -0.39 is 5.82 Å². The number of carbonyl (C=O) groups excluding carboxylic acids is 1. The van der Waals surface area contributed by atoms with Crippen LogP contribution in [0.3, 0.4) is 0 Å². The number of benzene rings is 2. The van der Waals surface area contributed by atoms with Crippen LogP contribution in [0.5, 0.6) is 5.75 Å². The molecule has 6 heteroatoms. The third-order valence-corrected chi connectivity index (χ3v) is 3.77. The SMILES string of the molecule is O=Cc1cc(Cl)c(OCc2ccc(F)cc2Cl)c(Br)c1. The first-order valence-corrected chi connectivity index (χ1v) is 7.07. The van der Waals surface area contributed by atoms with Gasteiger partial charge in [0.25, 0.3) is 0 Å². The second-order valence-corrected chi connectivity index (χ2v) is 5.62. The van der Waals surface area contributed by atoms with E-state index in [0.29, 0.717) is 32.7 Å². The first-order chi connectivity index (χ1) is 9.51. The standard InChI is InChI=1S/C14H8BrCl2FO2/c15-11-3-8(6-19)4-13(17)14(11)20-7-9-1-2-10(18)5-12(9)16/h1-6H,7H2. The second kappa shape index (κ2) is 6.57. The van der Waals surface area contributed by atoms with Crippen LogP contribution < -0.4 is 4.74 Å². The third kappa shape index (κ3) is 3.51. The Morgan fingerprint density at radius 1 is 1.20 bits per heavy atom. The summed E-state index contributed by atoms with van der Waals surface area (Å²) >= 11 is 15.2. The smallest absolute Gasteiger partial charge is 0.152 e. The van der Waals surface area contributed by atoms with Gasteiger partial charge in [0.1, 0.15) is 18.7 Å². The number of carbonyl (C=O) groups is 1. The summed E-state index contributed by atoms with van der Waals surface area (Å²) in [4.78, 5) is 10.7. The van der Waals surface area contributed by atoms with Crippen LogP contribution in [-0.2, 0) is 6.61 Å². The minimum Gasteiger partial charge on any atom is -0.486 e. The third-order valence-electron chi connectivity index (χ3n) is 2.54. The monoisotopic (exact) mass is 376 g/mol. The van der Waals surface area contributed by atoms with Crippen LogP contribution in [0.2, 0.25) is 10.0 Å². The van der Waals surface area contributed by atoms with E-state index in [1.54, 1.807) is 12.1 Å². The molecule has 0 aromatic heterocycles. The summed E-state index contributed by atoms with van der Waals surface area (Å²) in [5.41, 5.74) is 1.07. The molecule has 0 aliphatic heterocycles. The molecule has 104 valence electrons. The zero-order valence-electron chi connectivity index (χ0n) is 10.00. The maximum Gasteiger partial charge on any atom is 0.152 e. The quantitative estimate of drug-likeness (QED) is 0.677. The van der Waals surface area contributed by atoms with Crippen LogP contribution in [0.25, 0.3) is 0 Å². The summed E-state index contributed by atoms with van der Waals surface area (Å²) in [6.07, 6.45) is 0.692. The Morgan fingerprint density at radius 3 is 2.55 bits per heavy atom. The van der Waals surface area contributed by atoms with E-state index in [1.165, 1.54) is 18.2 Å². The molecular weight excluding hydrogens is 370 g/mol. The average Bonchev–Trinajstić information content (AvgIpc) is 2.39. The van der Waals surface area contributed by atoms with Crippen molar-refractivity contribution >= 4 is 45.4 Å². The fraction of sp³-hybridized carbons (Fsp3) is 0.0714. The van der Waals surface area contributed by atoms with Gasteiger partial charge in [0.05, 0.1) is 14.5 Å². The molecule has 2 aromatic rings. The minimum absolute atomic E-state index is 0.137. The molecule has 0 amide bonds. The van der Waals surface area contributed by atoms with E-state index in [2.05, 4.69) is 15.9 Å². The predicted molar refractivity (Wildman–Crippen MR) is 80.3 cm³/mol. The maximum absolute atomic E-state index is 12.9. The zero-order valence-corrected chi connectivity index (χ0v) is 13.1. The number of aldehydes is 1. The van der Waals surface area contributed by atoms with Gasteiger partial charge < -0.3 is 4.74 Å². The summed E-state index contributed by atoms with van der Waals surface area (Å²) in [5, 5.41) is 0.585. The second-order valence-electron chi connectivity index (χ2n) is 3.96. The van der Waals surface area contributed by atoms with E-state index in [-0.39, 0.29) is 11.6 Å². The van der Waals surface area contributed by atoms with Crippen molar-refractivity contribution in [3.63, 3.8) is 0 Å². The van der Waals surface area contributed by atoms with Gasteiger partial charge in [-0.25, -0.2) is 4.39 Å². The minimum atomic E-state index is -0.409. The molecule has 0 aliphatic rings. The molecule has 0 bridgehead atoms. The van der Waals surface area contributed by atoms with Crippen molar-refractivity contribution in [3.8, 4) is 5.75 Å². The van der Waals surface area contributed by atoms with Crippen LogP contribution in [0, 0.1) is 5.82 Å². The molecule has 2 aromatic carbocycles. The molecular formula is C14H8BrCl2FO2. The largest absolute Gasteiger partial charge is 0.486 e. The molecule has 0 fully saturated rings. The topological polar surface area (TPSA) is 26.3 Å². The van der Waals surface area contributed by atoms with Gasteiger partial charge in [-0.15, -0.1) is 0 Å². The lowest BCUT2D eigenvalue weighted by Gasteiger charge is -2.11. The van der Waals surface area contributed by atoms with Gasteiger partial charge in [-0.3, -0.25) is 4.79 Å². The summed E-state index contributed by atoms with van der Waals surface area (Å²) in [7, 11) is 0. The van der Waals surface area contributed by atoms with Gasteiger partial charge in [0.15, 0.2) is 5.75 Å². The molecule has 0 unspecified atom stereocenters. The van der Waals surface area contributed by atoms with Crippen molar-refractivity contribution in [2.24, 2.45) is 0 Å². The molecule has 0 heterocycles. The van der Waals surface area contributed by atoms with Crippen molar-refractivity contribution in [2.45, 2.75) is 6.61 Å². The molecule has 0 saturated heterocycles. The van der Waals surface area contributed by atoms with E-state index in [1.807, 2.05) is 0 Å². The molecule has 2 nitrogen and oxygen atoms in total. The van der Waals surface area contributed by atoms with Gasteiger partial charge in [-0.05, 0) is 40.2 Å². The molecule has 0 atom stereocenters. The highest BCUT2D eigenvalue weighted by molar-refractivity contribution is 9.10. The number of rotatable bonds is 4. The first-order valence-electron chi connectivity index (χ1n) is 5.52. The fourth-order valence-electron chi connectivity index (χ4n) is 1.57. The molecule has 20 heavy (non-hydrogen) atoms. The molecule has 0 N–H and O–H groups in total. The van der Waals surface area contributed by atoms with Gasteiger partial charge in [0, 0.05) is 11.1 Å². The Bertz CT molecular complexity index is 639. The highest BCUT2D eigenvalue weighted by Crippen LogP contribution is 2.35. The Hall–Kier alpha value is -1.10. The summed E-state index contributed by atoms with van der Waals surface area (Å²) in [6.45, 7) is 0.137. The first kappa shape index (κ1) is 15.3. The number of hydrogen-bond donors (Lipinski definition) is 0. The predicted octanol–water partition coefficient (Wildman–Crippen LogP) is 5.29. The summed E-state index contributed by atoms with van der Waals surface area (Å²) < 4.78 is 19.1. The highest BCUT2D eigenvalue weighted by Gasteiger charge is 2.11.